The molecule has 6 aromatic rings. The van der Waals surface area contributed by atoms with Crippen molar-refractivity contribution < 1.29 is 4.39 Å². The van der Waals surface area contributed by atoms with Crippen LogP contribution in [0.4, 0.5) is 10.1 Å². The molecule has 0 aliphatic carbocycles. The quantitative estimate of drug-likeness (QED) is 0.334. The maximum absolute atomic E-state index is 14.3. The van der Waals surface area contributed by atoms with E-state index in [1.54, 1.807) is 50.6 Å². The minimum absolute atomic E-state index is 0.259. The number of halogens is 2. The van der Waals surface area contributed by atoms with Crippen LogP contribution >= 0.6 is 11.6 Å². The summed E-state index contributed by atoms with van der Waals surface area (Å²) in [7, 11) is 1.83. The molecule has 0 spiro atoms. The van der Waals surface area contributed by atoms with Gasteiger partial charge in [0.2, 0.25) is 0 Å². The highest BCUT2D eigenvalue weighted by atomic mass is 35.5. The zero-order chi connectivity index (χ0) is 25.7. The molecule has 10 heteroatoms. The SMILES string of the molecule is CC(Nc1cc(Cl)nn2ccnc12)c1cc2cccc(-c3cnn(C)c3)c2c(=O)n1-c1cccc(F)c1. The molecular weight excluding hydrogens is 493 g/mol. The number of imidazole rings is 1. The molecule has 0 radical (unpaired) electrons. The molecule has 0 amide bonds. The van der Waals surface area contributed by atoms with Gasteiger partial charge in [-0.15, -0.1) is 0 Å². The third-order valence-corrected chi connectivity index (χ3v) is 6.49. The number of fused-ring (bicyclic) bond motifs is 2. The van der Waals surface area contributed by atoms with Crippen LogP contribution in [0, 0.1) is 5.82 Å². The van der Waals surface area contributed by atoms with Crippen LogP contribution in [-0.2, 0) is 7.05 Å². The van der Waals surface area contributed by atoms with E-state index in [4.69, 9.17) is 11.6 Å². The highest BCUT2D eigenvalue weighted by molar-refractivity contribution is 6.29. The number of anilines is 1. The van der Waals surface area contributed by atoms with Gasteiger partial charge in [0.25, 0.3) is 5.56 Å². The molecule has 2 aromatic carbocycles. The summed E-state index contributed by atoms with van der Waals surface area (Å²) in [6, 6.07) is 15.0. The summed E-state index contributed by atoms with van der Waals surface area (Å²) in [5.74, 6) is -0.434. The van der Waals surface area contributed by atoms with E-state index in [1.165, 1.54) is 12.1 Å². The molecule has 1 atom stereocenters. The van der Waals surface area contributed by atoms with Crippen molar-refractivity contribution in [3.63, 3.8) is 0 Å². The Kier molecular flexibility index (Phi) is 5.49. The molecule has 1 unspecified atom stereocenters. The smallest absolute Gasteiger partial charge is 0.263 e. The Hall–Kier alpha value is -4.50. The van der Waals surface area contributed by atoms with Crippen molar-refractivity contribution in [2.24, 2.45) is 7.05 Å². The Bertz CT molecular complexity index is 1860. The molecule has 184 valence electrons. The van der Waals surface area contributed by atoms with Crippen LogP contribution in [0.1, 0.15) is 18.7 Å². The van der Waals surface area contributed by atoms with Gasteiger partial charge in [-0.2, -0.15) is 10.2 Å². The zero-order valence-electron chi connectivity index (χ0n) is 19.9. The number of hydrogen-bond acceptors (Lipinski definition) is 5. The lowest BCUT2D eigenvalue weighted by Gasteiger charge is -2.22. The van der Waals surface area contributed by atoms with E-state index in [0.29, 0.717) is 33.3 Å². The average Bonchev–Trinajstić information content (AvgIpc) is 3.52. The number of aryl methyl sites for hydroxylation is 1. The fraction of sp³-hybridized carbons (Fsp3) is 0.111. The van der Waals surface area contributed by atoms with E-state index < -0.39 is 5.82 Å². The van der Waals surface area contributed by atoms with Crippen molar-refractivity contribution in [1.29, 1.82) is 0 Å². The summed E-state index contributed by atoms with van der Waals surface area (Å²) < 4.78 is 19.2. The number of nitrogens with zero attached hydrogens (tertiary/aromatic N) is 6. The summed E-state index contributed by atoms with van der Waals surface area (Å²) in [4.78, 5) is 18.5. The maximum atomic E-state index is 14.3. The van der Waals surface area contributed by atoms with Gasteiger partial charge in [0, 0.05) is 43.0 Å². The molecular formula is C27H21ClFN7O. The lowest BCUT2D eigenvalue weighted by molar-refractivity contribution is 0.625. The molecule has 0 saturated heterocycles. The first-order valence-electron chi connectivity index (χ1n) is 11.6. The van der Waals surface area contributed by atoms with E-state index in [-0.39, 0.29) is 11.6 Å². The molecule has 0 bridgehead atoms. The Labute approximate surface area is 215 Å². The van der Waals surface area contributed by atoms with E-state index in [2.05, 4.69) is 20.5 Å². The fourth-order valence-corrected chi connectivity index (χ4v) is 4.87. The molecule has 0 saturated carbocycles. The minimum Gasteiger partial charge on any atom is -0.374 e. The van der Waals surface area contributed by atoms with Crippen molar-refractivity contribution in [2.45, 2.75) is 13.0 Å². The van der Waals surface area contributed by atoms with Crippen LogP contribution in [0.3, 0.4) is 0 Å². The van der Waals surface area contributed by atoms with Crippen LogP contribution in [0.2, 0.25) is 5.15 Å². The van der Waals surface area contributed by atoms with Gasteiger partial charge in [-0.3, -0.25) is 14.0 Å². The number of rotatable bonds is 5. The predicted octanol–water partition coefficient (Wildman–Crippen LogP) is 5.40. The van der Waals surface area contributed by atoms with E-state index in [0.717, 1.165) is 16.5 Å². The van der Waals surface area contributed by atoms with Crippen molar-refractivity contribution in [3.8, 4) is 16.8 Å². The van der Waals surface area contributed by atoms with Crippen LogP contribution in [0.25, 0.3) is 33.2 Å². The van der Waals surface area contributed by atoms with Gasteiger partial charge in [-0.1, -0.05) is 35.9 Å². The standard InChI is InChI=1S/C27H21ClFN7O/c1-16(32-22-13-24(28)33-35-10-9-30-26(22)35)23-11-17-5-3-8-21(18-14-31-34(2)15-18)25(17)27(37)36(23)20-7-4-6-19(29)12-20/h3-16,32H,1-2H3. The fourth-order valence-electron chi connectivity index (χ4n) is 4.68. The summed E-state index contributed by atoms with van der Waals surface area (Å²) >= 11 is 6.23. The molecule has 0 aliphatic heterocycles. The Morgan fingerprint density at radius 3 is 2.73 bits per heavy atom. The lowest BCUT2D eigenvalue weighted by Crippen LogP contribution is -2.26. The number of nitrogens with one attached hydrogen (secondary N) is 1. The van der Waals surface area contributed by atoms with Crippen LogP contribution in [0.5, 0.6) is 0 Å². The van der Waals surface area contributed by atoms with Gasteiger partial charge in [-0.25, -0.2) is 13.9 Å². The normalized spacial score (nSPS) is 12.3. The lowest BCUT2D eigenvalue weighted by atomic mass is 9.99. The van der Waals surface area contributed by atoms with Crippen molar-refractivity contribution in [2.75, 3.05) is 5.32 Å². The molecule has 1 N–H and O–H groups in total. The number of pyridine rings is 1. The second kappa shape index (κ2) is 8.86. The van der Waals surface area contributed by atoms with Crippen molar-refractivity contribution in [3.05, 3.63) is 106 Å². The van der Waals surface area contributed by atoms with Gasteiger partial charge < -0.3 is 5.32 Å². The summed E-state index contributed by atoms with van der Waals surface area (Å²) in [6.45, 7) is 1.93. The Morgan fingerprint density at radius 1 is 1.11 bits per heavy atom. The number of hydrogen-bond donors (Lipinski definition) is 1. The predicted molar refractivity (Wildman–Crippen MR) is 142 cm³/mol. The van der Waals surface area contributed by atoms with Crippen LogP contribution in [0.15, 0.2) is 84.2 Å². The third kappa shape index (κ3) is 4.03. The van der Waals surface area contributed by atoms with Crippen LogP contribution < -0.4 is 10.9 Å². The maximum Gasteiger partial charge on any atom is 0.263 e. The highest BCUT2D eigenvalue weighted by Crippen LogP contribution is 2.31. The van der Waals surface area contributed by atoms with Crippen molar-refractivity contribution >= 4 is 33.7 Å². The molecule has 0 fully saturated rings. The molecule has 0 aliphatic rings. The largest absolute Gasteiger partial charge is 0.374 e. The first kappa shape index (κ1) is 22.9. The Balaban J connectivity index is 1.59. The minimum atomic E-state index is -0.434. The first-order chi connectivity index (χ1) is 17.9. The highest BCUT2D eigenvalue weighted by Gasteiger charge is 2.20. The van der Waals surface area contributed by atoms with E-state index in [1.807, 2.05) is 44.4 Å². The number of aromatic nitrogens is 6. The Morgan fingerprint density at radius 2 is 1.95 bits per heavy atom. The van der Waals surface area contributed by atoms with Crippen molar-refractivity contribution in [1.82, 2.24) is 28.9 Å². The molecule has 37 heavy (non-hydrogen) atoms. The van der Waals surface area contributed by atoms with E-state index >= 15 is 0 Å². The summed E-state index contributed by atoms with van der Waals surface area (Å²) in [5, 5.41) is 13.5. The molecule has 4 aromatic heterocycles. The molecule has 8 nitrogen and oxygen atoms in total. The summed E-state index contributed by atoms with van der Waals surface area (Å²) in [6.07, 6.45) is 6.92. The second-order valence-electron chi connectivity index (χ2n) is 8.80. The topological polar surface area (TPSA) is 82.0 Å². The van der Waals surface area contributed by atoms with Gasteiger partial charge in [0.15, 0.2) is 10.8 Å². The van der Waals surface area contributed by atoms with E-state index in [9.17, 15) is 9.18 Å². The van der Waals surface area contributed by atoms with Crippen LogP contribution in [-0.4, -0.2) is 28.9 Å². The second-order valence-corrected chi connectivity index (χ2v) is 9.19. The first-order valence-corrected chi connectivity index (χ1v) is 12.0. The van der Waals surface area contributed by atoms with Gasteiger partial charge in [0.05, 0.1) is 29.0 Å². The molecule has 4 heterocycles. The zero-order valence-corrected chi connectivity index (χ0v) is 20.7. The van der Waals surface area contributed by atoms with Gasteiger partial charge >= 0.3 is 0 Å². The van der Waals surface area contributed by atoms with Gasteiger partial charge in [-0.05, 0) is 42.1 Å². The van der Waals surface area contributed by atoms with Gasteiger partial charge in [0.1, 0.15) is 5.82 Å². The monoisotopic (exact) mass is 513 g/mol. The molecule has 6 rings (SSSR count). The number of benzene rings is 2. The summed E-state index contributed by atoms with van der Waals surface area (Å²) in [5.41, 5.74) is 3.63. The average molecular weight is 514 g/mol. The third-order valence-electron chi connectivity index (χ3n) is 6.30.